The van der Waals surface area contributed by atoms with Crippen LogP contribution in [-0.2, 0) is 0 Å². The van der Waals surface area contributed by atoms with E-state index in [9.17, 15) is 13.6 Å². The van der Waals surface area contributed by atoms with E-state index in [4.69, 9.17) is 18.0 Å². The molecule has 6 heteroatoms. The first-order valence-electron chi connectivity index (χ1n) is 7.03. The standard InChI is InChI=1S/C15H18F2N2OS/c16-10-6-5-7-11(17)12(10)13(20)19-15(14(18)21)8-3-1-2-4-9-15/h5-7H,1-4,8-9H2,(H2,18,21)(H,19,20). The van der Waals surface area contributed by atoms with E-state index in [2.05, 4.69) is 5.32 Å². The molecule has 0 heterocycles. The van der Waals surface area contributed by atoms with Gasteiger partial charge in [0.05, 0.1) is 10.5 Å². The molecule has 0 radical (unpaired) electrons. The average molecular weight is 312 g/mol. The van der Waals surface area contributed by atoms with Crippen molar-refractivity contribution in [2.45, 2.75) is 44.1 Å². The molecular formula is C15H18F2N2OS. The summed E-state index contributed by atoms with van der Waals surface area (Å²) in [6, 6.07) is 3.33. The summed E-state index contributed by atoms with van der Waals surface area (Å²) in [6.45, 7) is 0. The summed E-state index contributed by atoms with van der Waals surface area (Å²) >= 11 is 5.10. The first-order chi connectivity index (χ1) is 9.96. The van der Waals surface area contributed by atoms with Crippen molar-refractivity contribution in [3.63, 3.8) is 0 Å². The van der Waals surface area contributed by atoms with Gasteiger partial charge in [-0.1, -0.05) is 44.0 Å². The van der Waals surface area contributed by atoms with Gasteiger partial charge in [0.1, 0.15) is 17.2 Å². The molecule has 1 fully saturated rings. The lowest BCUT2D eigenvalue weighted by molar-refractivity contribution is 0.0909. The van der Waals surface area contributed by atoms with Gasteiger partial charge in [-0.2, -0.15) is 0 Å². The molecule has 3 N–H and O–H groups in total. The first kappa shape index (κ1) is 15.8. The third-order valence-corrected chi connectivity index (χ3v) is 4.36. The predicted molar refractivity (Wildman–Crippen MR) is 81.0 cm³/mol. The Labute approximate surface area is 127 Å². The molecule has 1 saturated carbocycles. The van der Waals surface area contributed by atoms with Crippen molar-refractivity contribution in [2.24, 2.45) is 5.73 Å². The Morgan fingerprint density at radius 3 is 2.14 bits per heavy atom. The highest BCUT2D eigenvalue weighted by molar-refractivity contribution is 7.80. The number of halogens is 2. The molecule has 21 heavy (non-hydrogen) atoms. The van der Waals surface area contributed by atoms with Crippen molar-refractivity contribution in [3.05, 3.63) is 35.4 Å². The molecule has 0 atom stereocenters. The van der Waals surface area contributed by atoms with Crippen LogP contribution in [0.25, 0.3) is 0 Å². The maximum atomic E-state index is 13.7. The van der Waals surface area contributed by atoms with Crippen molar-refractivity contribution in [2.75, 3.05) is 0 Å². The number of carbonyl (C=O) groups is 1. The molecule has 0 saturated heterocycles. The van der Waals surface area contributed by atoms with E-state index >= 15 is 0 Å². The van der Waals surface area contributed by atoms with E-state index in [0.29, 0.717) is 12.8 Å². The van der Waals surface area contributed by atoms with E-state index in [1.165, 1.54) is 6.07 Å². The van der Waals surface area contributed by atoms with Gasteiger partial charge < -0.3 is 11.1 Å². The van der Waals surface area contributed by atoms with Gasteiger partial charge in [0.25, 0.3) is 5.91 Å². The van der Waals surface area contributed by atoms with E-state index in [-0.39, 0.29) is 4.99 Å². The number of thiocarbonyl (C=S) groups is 1. The van der Waals surface area contributed by atoms with Crippen LogP contribution in [0.15, 0.2) is 18.2 Å². The van der Waals surface area contributed by atoms with Gasteiger partial charge in [-0.05, 0) is 25.0 Å². The lowest BCUT2D eigenvalue weighted by Crippen LogP contribution is -2.56. The third kappa shape index (κ3) is 3.37. The van der Waals surface area contributed by atoms with Crippen molar-refractivity contribution < 1.29 is 13.6 Å². The van der Waals surface area contributed by atoms with Crippen LogP contribution in [0.4, 0.5) is 8.78 Å². The van der Waals surface area contributed by atoms with Gasteiger partial charge in [0.15, 0.2) is 0 Å². The minimum atomic E-state index is -0.890. The second-order valence-electron chi connectivity index (χ2n) is 5.41. The van der Waals surface area contributed by atoms with Gasteiger partial charge in [-0.15, -0.1) is 0 Å². The maximum absolute atomic E-state index is 13.7. The Hall–Kier alpha value is -1.56. The monoisotopic (exact) mass is 312 g/mol. The van der Waals surface area contributed by atoms with Crippen LogP contribution in [0.5, 0.6) is 0 Å². The maximum Gasteiger partial charge on any atom is 0.258 e. The van der Waals surface area contributed by atoms with Gasteiger partial charge >= 0.3 is 0 Å². The normalized spacial score (nSPS) is 17.8. The summed E-state index contributed by atoms with van der Waals surface area (Å²) in [6.07, 6.45) is 5.02. The highest BCUT2D eigenvalue weighted by atomic mass is 32.1. The van der Waals surface area contributed by atoms with Crippen LogP contribution in [0.3, 0.4) is 0 Å². The minimum absolute atomic E-state index is 0.175. The summed E-state index contributed by atoms with van der Waals surface area (Å²) in [7, 11) is 0. The molecule has 1 aromatic carbocycles. The van der Waals surface area contributed by atoms with Crippen molar-refractivity contribution in [3.8, 4) is 0 Å². The molecule has 0 unspecified atom stereocenters. The third-order valence-electron chi connectivity index (χ3n) is 3.97. The zero-order valence-corrected chi connectivity index (χ0v) is 12.4. The fourth-order valence-corrected chi connectivity index (χ4v) is 3.01. The average Bonchev–Trinajstić information content (AvgIpc) is 2.65. The second kappa shape index (κ2) is 6.47. The summed E-state index contributed by atoms with van der Waals surface area (Å²) in [5, 5.41) is 2.68. The van der Waals surface area contributed by atoms with E-state index < -0.39 is 28.6 Å². The fourth-order valence-electron chi connectivity index (χ4n) is 2.76. The van der Waals surface area contributed by atoms with E-state index in [1.807, 2.05) is 0 Å². The fraction of sp³-hybridized carbons (Fsp3) is 0.467. The SMILES string of the molecule is NC(=S)C1(NC(=O)c2c(F)cccc2F)CCCCCC1. The Morgan fingerprint density at radius 2 is 1.67 bits per heavy atom. The van der Waals surface area contributed by atoms with Crippen molar-refractivity contribution >= 4 is 23.1 Å². The zero-order chi connectivity index (χ0) is 15.5. The summed E-state index contributed by atoms with van der Waals surface area (Å²) in [5.74, 6) is -2.58. The lowest BCUT2D eigenvalue weighted by atomic mass is 9.89. The molecular weight excluding hydrogens is 294 g/mol. The topological polar surface area (TPSA) is 55.1 Å². The van der Waals surface area contributed by atoms with Crippen molar-refractivity contribution in [1.29, 1.82) is 0 Å². The molecule has 114 valence electrons. The van der Waals surface area contributed by atoms with Crippen LogP contribution in [0.1, 0.15) is 48.9 Å². The van der Waals surface area contributed by atoms with Crippen LogP contribution in [-0.4, -0.2) is 16.4 Å². The number of rotatable bonds is 3. The molecule has 2 rings (SSSR count). The number of nitrogens with two attached hydrogens (primary N) is 1. The second-order valence-corrected chi connectivity index (χ2v) is 5.85. The molecule has 1 aliphatic rings. The number of hydrogen-bond acceptors (Lipinski definition) is 2. The Kier molecular flexibility index (Phi) is 4.88. The van der Waals surface area contributed by atoms with E-state index in [1.54, 1.807) is 0 Å². The number of hydrogen-bond donors (Lipinski definition) is 2. The highest BCUT2D eigenvalue weighted by Gasteiger charge is 2.36. The number of nitrogens with one attached hydrogen (secondary N) is 1. The molecule has 1 amide bonds. The molecule has 0 spiro atoms. The summed E-state index contributed by atoms with van der Waals surface area (Å²) < 4.78 is 27.4. The molecule has 1 aromatic rings. The van der Waals surface area contributed by atoms with Gasteiger partial charge in [-0.3, -0.25) is 4.79 Å². The number of carbonyl (C=O) groups excluding carboxylic acids is 1. The van der Waals surface area contributed by atoms with Crippen LogP contribution < -0.4 is 11.1 Å². The quantitative estimate of drug-likeness (QED) is 0.666. The zero-order valence-electron chi connectivity index (χ0n) is 11.6. The molecule has 0 bridgehead atoms. The minimum Gasteiger partial charge on any atom is -0.391 e. The summed E-state index contributed by atoms with van der Waals surface area (Å²) in [5.41, 5.74) is 4.37. The Balaban J connectivity index is 2.28. The molecule has 1 aliphatic carbocycles. The van der Waals surface area contributed by atoms with Crippen LogP contribution in [0, 0.1) is 11.6 Å². The van der Waals surface area contributed by atoms with Gasteiger partial charge in [0, 0.05) is 0 Å². The number of amides is 1. The predicted octanol–water partition coefficient (Wildman–Crippen LogP) is 3.07. The van der Waals surface area contributed by atoms with E-state index in [0.717, 1.165) is 37.8 Å². The molecule has 0 aromatic heterocycles. The largest absolute Gasteiger partial charge is 0.391 e. The smallest absolute Gasteiger partial charge is 0.258 e. The van der Waals surface area contributed by atoms with Gasteiger partial charge in [0.2, 0.25) is 0 Å². The first-order valence-corrected chi connectivity index (χ1v) is 7.43. The molecule has 3 nitrogen and oxygen atoms in total. The van der Waals surface area contributed by atoms with Gasteiger partial charge in [-0.25, -0.2) is 8.78 Å². The Bertz CT molecular complexity index is 534. The lowest BCUT2D eigenvalue weighted by Gasteiger charge is -2.33. The summed E-state index contributed by atoms with van der Waals surface area (Å²) in [4.78, 5) is 12.4. The molecule has 0 aliphatic heterocycles. The van der Waals surface area contributed by atoms with Crippen molar-refractivity contribution in [1.82, 2.24) is 5.32 Å². The van der Waals surface area contributed by atoms with Crippen LogP contribution >= 0.6 is 12.2 Å². The Morgan fingerprint density at radius 1 is 1.14 bits per heavy atom. The highest BCUT2D eigenvalue weighted by Crippen LogP contribution is 2.28. The van der Waals surface area contributed by atoms with Crippen LogP contribution in [0.2, 0.25) is 0 Å². The number of benzene rings is 1.